The minimum Gasteiger partial charge on any atom is -0.543 e. The largest absolute Gasteiger partial charge is 0.543 e. The first-order valence-corrected chi connectivity index (χ1v) is 13.4. The zero-order chi connectivity index (χ0) is 18.6. The first-order chi connectivity index (χ1) is 11.4. The van der Waals surface area contributed by atoms with E-state index in [0.29, 0.717) is 5.92 Å². The van der Waals surface area contributed by atoms with Crippen molar-refractivity contribution in [3.8, 4) is 5.75 Å². The van der Waals surface area contributed by atoms with Gasteiger partial charge in [-0.3, -0.25) is 0 Å². The highest BCUT2D eigenvalue weighted by molar-refractivity contribution is 8.01. The molecule has 3 rings (SSSR count). The molecule has 1 aliphatic carbocycles. The van der Waals surface area contributed by atoms with Crippen molar-refractivity contribution in [3.05, 3.63) is 29.3 Å². The standard InChI is InChI=1S/C21H34O2SSi/c1-14-22-19-16-10-9-11-18(23-25(7,8)20(2,3)4)15(16)12-13-17(19)21(5,6)24-14/h9-11,14,17,19H,12-13H2,1-8H3/t14-,17-,19+/m1/s1. The van der Waals surface area contributed by atoms with E-state index in [1.165, 1.54) is 17.5 Å². The third kappa shape index (κ3) is 3.54. The molecule has 0 saturated carbocycles. The quantitative estimate of drug-likeness (QED) is 0.543. The summed E-state index contributed by atoms with van der Waals surface area (Å²) in [4.78, 5) is 0. The topological polar surface area (TPSA) is 18.5 Å². The van der Waals surface area contributed by atoms with Gasteiger partial charge in [0.05, 0.1) is 6.10 Å². The van der Waals surface area contributed by atoms with Crippen LogP contribution in [-0.4, -0.2) is 18.5 Å². The molecule has 1 heterocycles. The van der Waals surface area contributed by atoms with Gasteiger partial charge in [0.15, 0.2) is 0 Å². The van der Waals surface area contributed by atoms with E-state index in [9.17, 15) is 0 Å². The third-order valence-corrected chi connectivity index (χ3v) is 12.1. The van der Waals surface area contributed by atoms with Crippen LogP contribution in [0.1, 0.15) is 65.2 Å². The van der Waals surface area contributed by atoms with Gasteiger partial charge in [-0.2, -0.15) is 0 Å². The molecule has 1 aromatic rings. The number of fused-ring (bicyclic) bond motifs is 3. The lowest BCUT2D eigenvalue weighted by Gasteiger charge is -2.49. The van der Waals surface area contributed by atoms with E-state index in [1.807, 2.05) is 11.8 Å². The second kappa shape index (κ2) is 6.31. The van der Waals surface area contributed by atoms with Crippen LogP contribution in [0.15, 0.2) is 18.2 Å². The molecular weight excluding hydrogens is 344 g/mol. The molecule has 1 aliphatic heterocycles. The van der Waals surface area contributed by atoms with E-state index in [0.717, 1.165) is 12.2 Å². The summed E-state index contributed by atoms with van der Waals surface area (Å²) in [7, 11) is -1.84. The minimum atomic E-state index is -1.84. The SMILES string of the molecule is C[C@@H]1O[C@H]2c3cccc(O[Si](C)(C)C(C)(C)C)c3CC[C@H]2C(C)(C)S1. The van der Waals surface area contributed by atoms with Gasteiger partial charge in [-0.1, -0.05) is 46.8 Å². The normalized spacial score (nSPS) is 28.9. The van der Waals surface area contributed by atoms with E-state index in [2.05, 4.69) is 72.8 Å². The number of rotatable bonds is 2. The van der Waals surface area contributed by atoms with Crippen molar-refractivity contribution >= 4 is 20.1 Å². The molecule has 0 amide bonds. The van der Waals surface area contributed by atoms with E-state index in [-0.39, 0.29) is 21.3 Å². The number of ether oxygens (including phenoxy) is 1. The molecule has 1 aromatic carbocycles. The van der Waals surface area contributed by atoms with Crippen LogP contribution < -0.4 is 4.43 Å². The molecule has 4 heteroatoms. The Bertz CT molecular complexity index is 648. The van der Waals surface area contributed by atoms with Gasteiger partial charge in [0, 0.05) is 10.7 Å². The predicted octanol–water partition coefficient (Wildman–Crippen LogP) is 6.56. The molecule has 1 fully saturated rings. The minimum absolute atomic E-state index is 0.206. The zero-order valence-corrected chi connectivity index (χ0v) is 18.9. The molecule has 2 aliphatic rings. The first-order valence-electron chi connectivity index (χ1n) is 9.56. The summed E-state index contributed by atoms with van der Waals surface area (Å²) in [5.41, 5.74) is 3.00. The van der Waals surface area contributed by atoms with Gasteiger partial charge in [-0.25, -0.2) is 0 Å². The Labute approximate surface area is 159 Å². The Hall–Kier alpha value is -0.453. The van der Waals surface area contributed by atoms with Gasteiger partial charge >= 0.3 is 0 Å². The van der Waals surface area contributed by atoms with Crippen LogP contribution in [0.4, 0.5) is 0 Å². The van der Waals surface area contributed by atoms with Crippen LogP contribution in [0.3, 0.4) is 0 Å². The molecule has 0 aromatic heterocycles. The van der Waals surface area contributed by atoms with Crippen molar-refractivity contribution in [1.29, 1.82) is 0 Å². The van der Waals surface area contributed by atoms with Crippen molar-refractivity contribution in [1.82, 2.24) is 0 Å². The van der Waals surface area contributed by atoms with Crippen LogP contribution in [0.2, 0.25) is 18.1 Å². The monoisotopic (exact) mass is 378 g/mol. The van der Waals surface area contributed by atoms with Crippen LogP contribution in [0.25, 0.3) is 0 Å². The summed E-state index contributed by atoms with van der Waals surface area (Å²) in [6.07, 6.45) is 2.49. The highest BCUT2D eigenvalue weighted by Gasteiger charge is 2.47. The van der Waals surface area contributed by atoms with Crippen molar-refractivity contribution in [3.63, 3.8) is 0 Å². The lowest BCUT2D eigenvalue weighted by Crippen LogP contribution is -2.45. The van der Waals surface area contributed by atoms with E-state index >= 15 is 0 Å². The van der Waals surface area contributed by atoms with E-state index in [4.69, 9.17) is 9.16 Å². The molecule has 2 nitrogen and oxygen atoms in total. The van der Waals surface area contributed by atoms with Gasteiger partial charge in [-0.05, 0) is 55.1 Å². The maximum absolute atomic E-state index is 6.70. The van der Waals surface area contributed by atoms with Crippen molar-refractivity contribution in [2.45, 2.75) is 88.8 Å². The molecule has 3 atom stereocenters. The number of hydrogen-bond acceptors (Lipinski definition) is 3. The summed E-state index contributed by atoms with van der Waals surface area (Å²) in [6, 6.07) is 6.60. The molecule has 1 saturated heterocycles. The Balaban J connectivity index is 1.97. The summed E-state index contributed by atoms with van der Waals surface area (Å²) in [5.74, 6) is 1.68. The molecule has 0 bridgehead atoms. The van der Waals surface area contributed by atoms with Gasteiger partial charge in [0.2, 0.25) is 8.32 Å². The second-order valence-electron chi connectivity index (χ2n) is 9.68. The molecular formula is C21H34O2SSi. The molecule has 0 unspecified atom stereocenters. The number of hydrogen-bond donors (Lipinski definition) is 0. The van der Waals surface area contributed by atoms with Crippen LogP contribution >= 0.6 is 11.8 Å². The maximum Gasteiger partial charge on any atom is 0.250 e. The summed E-state index contributed by atoms with van der Waals surface area (Å²) in [6.45, 7) is 18.5. The fourth-order valence-corrected chi connectivity index (χ4v) is 6.43. The fraction of sp³-hybridized carbons (Fsp3) is 0.714. The third-order valence-electron chi connectivity index (χ3n) is 6.42. The summed E-state index contributed by atoms with van der Waals surface area (Å²) < 4.78 is 13.4. The lowest BCUT2D eigenvalue weighted by atomic mass is 9.75. The lowest BCUT2D eigenvalue weighted by molar-refractivity contribution is -0.0300. The van der Waals surface area contributed by atoms with Crippen LogP contribution in [0, 0.1) is 5.92 Å². The summed E-state index contributed by atoms with van der Waals surface area (Å²) >= 11 is 1.97. The first kappa shape index (κ1) is 19.3. The second-order valence-corrected chi connectivity index (χ2v) is 16.4. The molecule has 140 valence electrons. The highest BCUT2D eigenvalue weighted by Crippen LogP contribution is 2.55. The molecule has 0 radical (unpaired) electrons. The van der Waals surface area contributed by atoms with Gasteiger partial charge in [0.25, 0.3) is 0 Å². The van der Waals surface area contributed by atoms with Crippen molar-refractivity contribution in [2.75, 3.05) is 0 Å². The average molecular weight is 379 g/mol. The van der Waals surface area contributed by atoms with Gasteiger partial charge < -0.3 is 9.16 Å². The molecule has 0 spiro atoms. The van der Waals surface area contributed by atoms with Gasteiger partial charge in [-0.15, -0.1) is 11.8 Å². The van der Waals surface area contributed by atoms with E-state index in [1.54, 1.807) is 0 Å². The fourth-order valence-electron chi connectivity index (χ4n) is 3.94. The highest BCUT2D eigenvalue weighted by atomic mass is 32.2. The van der Waals surface area contributed by atoms with Gasteiger partial charge in [0.1, 0.15) is 11.2 Å². The Morgan fingerprint density at radius 3 is 2.56 bits per heavy atom. The Morgan fingerprint density at radius 2 is 1.92 bits per heavy atom. The Morgan fingerprint density at radius 1 is 1.24 bits per heavy atom. The zero-order valence-electron chi connectivity index (χ0n) is 17.1. The molecule has 0 N–H and O–H groups in total. The summed E-state index contributed by atoms with van der Waals surface area (Å²) in [5, 5.41) is 0.210. The average Bonchev–Trinajstić information content (AvgIpc) is 2.45. The Kier molecular flexibility index (Phi) is 4.88. The van der Waals surface area contributed by atoms with Crippen LogP contribution in [-0.2, 0) is 11.2 Å². The van der Waals surface area contributed by atoms with Crippen LogP contribution in [0.5, 0.6) is 5.75 Å². The van der Waals surface area contributed by atoms with Crippen molar-refractivity contribution in [2.24, 2.45) is 5.92 Å². The number of thioether (sulfide) groups is 1. The van der Waals surface area contributed by atoms with E-state index < -0.39 is 8.32 Å². The predicted molar refractivity (Wildman–Crippen MR) is 111 cm³/mol. The smallest absolute Gasteiger partial charge is 0.250 e. The van der Waals surface area contributed by atoms with Crippen molar-refractivity contribution < 1.29 is 9.16 Å². The molecule has 25 heavy (non-hydrogen) atoms. The number of benzene rings is 1. The maximum atomic E-state index is 6.70.